The largest absolute Gasteiger partial charge is 0.493 e. The van der Waals surface area contributed by atoms with Gasteiger partial charge in [-0.05, 0) is 80.5 Å². The first kappa shape index (κ1) is 19.6. The Morgan fingerprint density at radius 2 is 2.00 bits per heavy atom. The Bertz CT molecular complexity index is 1360. The van der Waals surface area contributed by atoms with Gasteiger partial charge in [0.2, 0.25) is 5.95 Å². The van der Waals surface area contributed by atoms with Gasteiger partial charge in [-0.1, -0.05) is 0 Å². The number of anilines is 2. The third-order valence-electron chi connectivity index (χ3n) is 8.63. The highest BCUT2D eigenvalue weighted by Gasteiger charge is 2.58. The van der Waals surface area contributed by atoms with Crippen molar-refractivity contribution in [1.29, 1.82) is 0 Å². The zero-order chi connectivity index (χ0) is 22.5. The summed E-state index contributed by atoms with van der Waals surface area (Å²) in [5.74, 6) is 2.68. The number of nitrogens with zero attached hydrogens (tertiary/aromatic N) is 4. The highest BCUT2D eigenvalue weighted by atomic mass is 16.5. The third kappa shape index (κ3) is 2.76. The maximum Gasteiger partial charge on any atom is 0.330 e. The molecule has 8 heteroatoms. The molecule has 3 aromatic rings. The van der Waals surface area contributed by atoms with Crippen molar-refractivity contribution in [2.24, 2.45) is 24.6 Å². The number of hydrogen-bond donors (Lipinski definition) is 2. The summed E-state index contributed by atoms with van der Waals surface area (Å²) in [6.45, 7) is 2.78. The Morgan fingerprint density at radius 3 is 2.76 bits per heavy atom. The van der Waals surface area contributed by atoms with Crippen LogP contribution in [0.4, 0.5) is 11.6 Å². The van der Waals surface area contributed by atoms with E-state index in [4.69, 9.17) is 15.5 Å². The molecular formula is C25H30N6O2. The van der Waals surface area contributed by atoms with Crippen molar-refractivity contribution in [3.05, 3.63) is 39.9 Å². The molecule has 5 aliphatic rings. The van der Waals surface area contributed by atoms with Crippen LogP contribution >= 0.6 is 0 Å². The lowest BCUT2D eigenvalue weighted by Crippen LogP contribution is -2.64. The number of fused-ring (bicyclic) bond motifs is 2. The molecule has 2 atom stereocenters. The van der Waals surface area contributed by atoms with Crippen LogP contribution in [0.3, 0.4) is 0 Å². The summed E-state index contributed by atoms with van der Waals surface area (Å²) in [4.78, 5) is 23.0. The standard InChI is InChI=1S/C25H30N6O2/c1-14-5-20-17(3-4-33-20)7-18(14)28-22-27-12-19-21(29-22)31(23(32)30(19)2)25-10-15-6-16(11-25)9-24(26,8-15)13-25/h5,7,12,15-16H,3-4,6,8-11,13,26H2,1-2H3,(H,27,28,29). The minimum Gasteiger partial charge on any atom is -0.493 e. The lowest BCUT2D eigenvalue weighted by atomic mass is 9.50. The van der Waals surface area contributed by atoms with Crippen LogP contribution in [0.15, 0.2) is 23.1 Å². The molecule has 0 amide bonds. The Labute approximate surface area is 192 Å². The second-order valence-corrected chi connectivity index (χ2v) is 11.1. The summed E-state index contributed by atoms with van der Waals surface area (Å²) >= 11 is 0. The number of aryl methyl sites for hydroxylation is 2. The van der Waals surface area contributed by atoms with Crippen molar-refractivity contribution < 1.29 is 4.74 Å². The quantitative estimate of drug-likeness (QED) is 0.641. The molecule has 1 aromatic carbocycles. The van der Waals surface area contributed by atoms with E-state index in [9.17, 15) is 4.79 Å². The molecule has 8 nitrogen and oxygen atoms in total. The maximum absolute atomic E-state index is 13.5. The van der Waals surface area contributed by atoms with Crippen molar-refractivity contribution >= 4 is 22.8 Å². The summed E-state index contributed by atoms with van der Waals surface area (Å²) in [5, 5.41) is 3.40. The van der Waals surface area contributed by atoms with Crippen LogP contribution < -0.4 is 21.5 Å². The van der Waals surface area contributed by atoms with E-state index in [2.05, 4.69) is 29.4 Å². The Balaban J connectivity index is 1.34. The smallest absolute Gasteiger partial charge is 0.330 e. The van der Waals surface area contributed by atoms with E-state index in [1.807, 2.05) is 11.6 Å². The first-order valence-corrected chi connectivity index (χ1v) is 12.1. The van der Waals surface area contributed by atoms with Crippen LogP contribution in [0.2, 0.25) is 0 Å². The molecule has 3 heterocycles. The van der Waals surface area contributed by atoms with Crippen molar-refractivity contribution in [3.63, 3.8) is 0 Å². The predicted octanol–water partition coefficient (Wildman–Crippen LogP) is 3.12. The Morgan fingerprint density at radius 1 is 1.21 bits per heavy atom. The summed E-state index contributed by atoms with van der Waals surface area (Å²) in [7, 11) is 1.82. The first-order valence-electron chi connectivity index (χ1n) is 12.1. The van der Waals surface area contributed by atoms with Crippen molar-refractivity contribution in [2.45, 2.75) is 62.9 Å². The number of nitrogens with one attached hydrogen (secondary N) is 1. The monoisotopic (exact) mass is 446 g/mol. The van der Waals surface area contributed by atoms with Gasteiger partial charge < -0.3 is 15.8 Å². The molecule has 3 N–H and O–H groups in total. The number of imidazole rings is 1. The minimum absolute atomic E-state index is 0.00661. The molecule has 0 radical (unpaired) electrons. The second kappa shape index (κ2) is 6.38. The highest BCUT2D eigenvalue weighted by molar-refractivity contribution is 5.74. The summed E-state index contributed by atoms with van der Waals surface area (Å²) < 4.78 is 9.37. The SMILES string of the molecule is Cc1cc2c(cc1Nc1ncc3c(n1)n(C14CC5CC(CC(N)(C5)C1)C4)c(=O)n3C)CCO2. The zero-order valence-electron chi connectivity index (χ0n) is 19.2. The molecule has 8 rings (SSSR count). The van der Waals surface area contributed by atoms with E-state index in [1.54, 1.807) is 10.8 Å². The van der Waals surface area contributed by atoms with Gasteiger partial charge in [0, 0.05) is 24.7 Å². The van der Waals surface area contributed by atoms with Crippen LogP contribution in [0.5, 0.6) is 5.75 Å². The molecule has 0 spiro atoms. The predicted molar refractivity (Wildman–Crippen MR) is 126 cm³/mol. The molecular weight excluding hydrogens is 416 g/mol. The van der Waals surface area contributed by atoms with E-state index in [-0.39, 0.29) is 16.8 Å². The van der Waals surface area contributed by atoms with Gasteiger partial charge in [0.1, 0.15) is 11.3 Å². The molecule has 4 fully saturated rings. The summed E-state index contributed by atoms with van der Waals surface area (Å²) in [6.07, 6.45) is 9.03. The van der Waals surface area contributed by atoms with E-state index in [1.165, 1.54) is 12.0 Å². The minimum atomic E-state index is -0.234. The van der Waals surface area contributed by atoms with E-state index in [0.717, 1.165) is 67.6 Å². The van der Waals surface area contributed by atoms with Crippen LogP contribution in [0.1, 0.15) is 49.7 Å². The lowest BCUT2D eigenvalue weighted by molar-refractivity contribution is -0.0576. The first-order chi connectivity index (χ1) is 15.8. The van der Waals surface area contributed by atoms with Crippen LogP contribution in [0.25, 0.3) is 11.2 Å². The van der Waals surface area contributed by atoms with Crippen LogP contribution in [0, 0.1) is 18.8 Å². The summed E-state index contributed by atoms with van der Waals surface area (Å²) in [6, 6.07) is 4.19. The fourth-order valence-corrected chi connectivity index (χ4v) is 7.73. The van der Waals surface area contributed by atoms with Gasteiger partial charge in [0.15, 0.2) is 5.65 Å². The molecule has 2 aromatic heterocycles. The second-order valence-electron chi connectivity index (χ2n) is 11.1. The Hall–Kier alpha value is -2.87. The topological polar surface area (TPSA) is 100.0 Å². The van der Waals surface area contributed by atoms with Gasteiger partial charge in [0.05, 0.1) is 18.3 Å². The molecule has 1 aliphatic heterocycles. The van der Waals surface area contributed by atoms with Crippen LogP contribution in [-0.2, 0) is 19.0 Å². The number of hydrogen-bond acceptors (Lipinski definition) is 6. The normalized spacial score (nSPS) is 31.7. The van der Waals surface area contributed by atoms with E-state index >= 15 is 0 Å². The fourth-order valence-electron chi connectivity index (χ4n) is 7.73. The van der Waals surface area contributed by atoms with E-state index < -0.39 is 0 Å². The van der Waals surface area contributed by atoms with Crippen LogP contribution in [-0.4, -0.2) is 31.2 Å². The third-order valence-corrected chi connectivity index (χ3v) is 8.63. The molecule has 4 aliphatic carbocycles. The highest BCUT2D eigenvalue weighted by Crippen LogP contribution is 2.59. The van der Waals surface area contributed by atoms with Gasteiger partial charge in [-0.3, -0.25) is 9.13 Å². The van der Waals surface area contributed by atoms with E-state index in [0.29, 0.717) is 23.4 Å². The maximum atomic E-state index is 13.5. The molecule has 172 valence electrons. The number of nitrogens with two attached hydrogens (primary N) is 1. The molecule has 2 unspecified atom stereocenters. The zero-order valence-corrected chi connectivity index (χ0v) is 19.2. The van der Waals surface area contributed by atoms with Gasteiger partial charge >= 0.3 is 5.69 Å². The van der Waals surface area contributed by atoms with Gasteiger partial charge in [-0.15, -0.1) is 0 Å². The van der Waals surface area contributed by atoms with Crippen molar-refractivity contribution in [1.82, 2.24) is 19.1 Å². The summed E-state index contributed by atoms with van der Waals surface area (Å²) in [5.41, 5.74) is 11.2. The molecule has 4 bridgehead atoms. The molecule has 33 heavy (non-hydrogen) atoms. The molecule has 4 saturated carbocycles. The number of rotatable bonds is 3. The average molecular weight is 447 g/mol. The number of benzene rings is 1. The number of ether oxygens (including phenoxy) is 1. The van der Waals surface area contributed by atoms with Gasteiger partial charge in [-0.25, -0.2) is 9.78 Å². The van der Waals surface area contributed by atoms with Crippen molar-refractivity contribution in [3.8, 4) is 5.75 Å². The Kier molecular flexibility index (Phi) is 3.78. The van der Waals surface area contributed by atoms with Gasteiger partial charge in [0.25, 0.3) is 0 Å². The number of aromatic nitrogens is 4. The van der Waals surface area contributed by atoms with Crippen molar-refractivity contribution in [2.75, 3.05) is 11.9 Å². The average Bonchev–Trinajstić information content (AvgIpc) is 3.28. The lowest BCUT2D eigenvalue weighted by Gasteiger charge is -2.61. The fraction of sp³-hybridized carbons (Fsp3) is 0.560. The van der Waals surface area contributed by atoms with Gasteiger partial charge in [-0.2, -0.15) is 4.98 Å². The molecule has 0 saturated heterocycles.